The summed E-state index contributed by atoms with van der Waals surface area (Å²) in [6.45, 7) is 1.81. The van der Waals surface area contributed by atoms with Crippen LogP contribution in [0.15, 0.2) is 33.7 Å². The van der Waals surface area contributed by atoms with Gasteiger partial charge in [0.2, 0.25) is 11.8 Å². The molecule has 9 heteroatoms. The van der Waals surface area contributed by atoms with E-state index in [1.54, 1.807) is 18.2 Å². The van der Waals surface area contributed by atoms with Crippen LogP contribution in [0, 0.1) is 11.3 Å². The molecule has 1 aromatic carbocycles. The Morgan fingerprint density at radius 1 is 1.42 bits per heavy atom. The zero-order chi connectivity index (χ0) is 18.8. The monoisotopic (exact) mass is 433 g/mol. The van der Waals surface area contributed by atoms with Crippen molar-refractivity contribution in [2.45, 2.75) is 13.0 Å². The molecule has 0 aliphatic rings. The lowest BCUT2D eigenvalue weighted by Gasteiger charge is -2.15. The third kappa shape index (κ3) is 3.49. The molecule has 0 radical (unpaired) electrons. The van der Waals surface area contributed by atoms with Gasteiger partial charge in [0.15, 0.2) is 0 Å². The smallest absolute Gasteiger partial charge is 0.253 e. The topological polar surface area (TPSA) is 104 Å². The number of H-pyrrole nitrogens is 1. The van der Waals surface area contributed by atoms with Crippen molar-refractivity contribution in [3.8, 4) is 11.9 Å². The molecular formula is C17H13BrClN5O2. The number of pyridine rings is 1. The van der Waals surface area contributed by atoms with Gasteiger partial charge in [0, 0.05) is 20.9 Å². The van der Waals surface area contributed by atoms with Crippen LogP contribution in [-0.4, -0.2) is 22.1 Å². The zero-order valence-corrected chi connectivity index (χ0v) is 16.1. The highest BCUT2D eigenvalue weighted by atomic mass is 79.9. The van der Waals surface area contributed by atoms with Crippen LogP contribution in [-0.2, 0) is 0 Å². The van der Waals surface area contributed by atoms with Crippen LogP contribution < -0.4 is 15.6 Å². The van der Waals surface area contributed by atoms with Gasteiger partial charge in [0.1, 0.15) is 11.6 Å². The molecule has 26 heavy (non-hydrogen) atoms. The van der Waals surface area contributed by atoms with Gasteiger partial charge in [0.25, 0.3) is 5.56 Å². The summed E-state index contributed by atoms with van der Waals surface area (Å²) in [5.41, 5.74) is 1.18. The van der Waals surface area contributed by atoms with Crippen molar-refractivity contribution in [3.63, 3.8) is 0 Å². The van der Waals surface area contributed by atoms with Crippen molar-refractivity contribution in [1.82, 2.24) is 15.0 Å². The zero-order valence-electron chi connectivity index (χ0n) is 13.8. The molecule has 3 aromatic rings. The van der Waals surface area contributed by atoms with E-state index in [2.05, 4.69) is 36.2 Å². The van der Waals surface area contributed by atoms with E-state index in [9.17, 15) is 4.79 Å². The van der Waals surface area contributed by atoms with E-state index >= 15 is 0 Å². The third-order valence-electron chi connectivity index (χ3n) is 3.79. The number of benzene rings is 1. The Hall–Kier alpha value is -2.63. The first-order chi connectivity index (χ1) is 12.4. The Kier molecular flexibility index (Phi) is 5.11. The molecule has 0 aliphatic carbocycles. The van der Waals surface area contributed by atoms with Crippen LogP contribution in [0.2, 0.25) is 5.02 Å². The second-order valence-electron chi connectivity index (χ2n) is 5.50. The molecule has 0 bridgehead atoms. The van der Waals surface area contributed by atoms with Gasteiger partial charge in [-0.25, -0.2) is 4.98 Å². The van der Waals surface area contributed by atoms with Gasteiger partial charge >= 0.3 is 0 Å². The third-order valence-corrected chi connectivity index (χ3v) is 4.99. The Labute approximate surface area is 162 Å². The van der Waals surface area contributed by atoms with Crippen LogP contribution in [0.25, 0.3) is 10.9 Å². The summed E-state index contributed by atoms with van der Waals surface area (Å²) in [5, 5.41) is 13.4. The minimum atomic E-state index is -0.386. The van der Waals surface area contributed by atoms with E-state index in [1.165, 1.54) is 13.3 Å². The van der Waals surface area contributed by atoms with Crippen molar-refractivity contribution >= 4 is 44.4 Å². The number of ether oxygens (including phenoxy) is 1. The number of hydrogen-bond donors (Lipinski definition) is 2. The maximum Gasteiger partial charge on any atom is 0.253 e. The van der Waals surface area contributed by atoms with Crippen molar-refractivity contribution in [3.05, 3.63) is 55.4 Å². The molecule has 0 fully saturated rings. The van der Waals surface area contributed by atoms with Gasteiger partial charge in [-0.2, -0.15) is 10.2 Å². The highest BCUT2D eigenvalue weighted by molar-refractivity contribution is 9.10. The predicted octanol–water partition coefficient (Wildman–Crippen LogP) is 3.79. The molecule has 7 nitrogen and oxygen atoms in total. The number of aromatic nitrogens is 3. The molecule has 2 heterocycles. The van der Waals surface area contributed by atoms with Gasteiger partial charge in [-0.3, -0.25) is 4.79 Å². The molecule has 0 amide bonds. The Bertz CT molecular complexity index is 1090. The van der Waals surface area contributed by atoms with Crippen LogP contribution in [0.3, 0.4) is 0 Å². The highest BCUT2D eigenvalue weighted by Gasteiger charge is 2.15. The SMILES string of the molecule is COc1nc(NC(C)c2cc3cc(Cl)c(Br)cc3[nH]c2=O)ncc1C#N. The summed E-state index contributed by atoms with van der Waals surface area (Å²) in [6.07, 6.45) is 1.36. The Morgan fingerprint density at radius 2 is 2.19 bits per heavy atom. The Balaban J connectivity index is 1.96. The summed E-state index contributed by atoms with van der Waals surface area (Å²) in [7, 11) is 1.42. The summed E-state index contributed by atoms with van der Waals surface area (Å²) in [5.74, 6) is 0.419. The lowest BCUT2D eigenvalue weighted by atomic mass is 10.1. The molecule has 0 spiro atoms. The molecule has 132 valence electrons. The predicted molar refractivity (Wildman–Crippen MR) is 103 cm³/mol. The van der Waals surface area contributed by atoms with Crippen LogP contribution in [0.5, 0.6) is 5.88 Å². The van der Waals surface area contributed by atoms with Gasteiger partial charge < -0.3 is 15.0 Å². The minimum absolute atomic E-state index is 0.168. The molecular weight excluding hydrogens is 422 g/mol. The van der Waals surface area contributed by atoms with Crippen molar-refractivity contribution in [2.24, 2.45) is 0 Å². The Morgan fingerprint density at radius 3 is 2.88 bits per heavy atom. The van der Waals surface area contributed by atoms with Gasteiger partial charge in [-0.1, -0.05) is 11.6 Å². The van der Waals surface area contributed by atoms with Gasteiger partial charge in [-0.05, 0) is 41.1 Å². The number of rotatable bonds is 4. The molecule has 0 saturated carbocycles. The highest BCUT2D eigenvalue weighted by Crippen LogP contribution is 2.28. The second kappa shape index (κ2) is 7.32. The number of aromatic amines is 1. The fourth-order valence-electron chi connectivity index (χ4n) is 2.48. The van der Waals surface area contributed by atoms with Crippen molar-refractivity contribution in [2.75, 3.05) is 12.4 Å². The van der Waals surface area contributed by atoms with Crippen molar-refractivity contribution in [1.29, 1.82) is 5.26 Å². The molecule has 0 saturated heterocycles. The quantitative estimate of drug-likeness (QED) is 0.647. The fraction of sp³-hybridized carbons (Fsp3) is 0.176. The first-order valence-corrected chi connectivity index (χ1v) is 8.69. The number of anilines is 1. The first-order valence-electron chi connectivity index (χ1n) is 7.52. The molecule has 3 rings (SSSR count). The standard InChI is InChI=1S/C17H13BrClN5O2/c1-8(22-17-21-7-10(6-20)16(24-17)26-2)11-3-9-4-13(19)12(18)5-14(9)23-15(11)25/h3-5,7-8H,1-2H3,(H,23,25)(H,21,22,24). The number of methoxy groups -OCH3 is 1. The van der Waals surface area contributed by atoms with E-state index in [-0.39, 0.29) is 29.0 Å². The fourth-order valence-corrected chi connectivity index (χ4v) is 2.99. The summed E-state index contributed by atoms with van der Waals surface area (Å²) >= 11 is 9.48. The van der Waals surface area contributed by atoms with E-state index in [0.29, 0.717) is 20.6 Å². The minimum Gasteiger partial charge on any atom is -0.480 e. The van der Waals surface area contributed by atoms with E-state index < -0.39 is 0 Å². The number of halogens is 2. The molecule has 1 unspecified atom stereocenters. The van der Waals surface area contributed by atoms with E-state index in [1.807, 2.05) is 13.0 Å². The second-order valence-corrected chi connectivity index (χ2v) is 6.76. The maximum atomic E-state index is 12.4. The number of nitrogens with zero attached hydrogens (tertiary/aromatic N) is 3. The molecule has 2 N–H and O–H groups in total. The molecule has 2 aromatic heterocycles. The average molecular weight is 435 g/mol. The van der Waals surface area contributed by atoms with E-state index in [4.69, 9.17) is 21.6 Å². The number of fused-ring (bicyclic) bond motifs is 1. The molecule has 0 aliphatic heterocycles. The van der Waals surface area contributed by atoms with Crippen LogP contribution in [0.1, 0.15) is 24.1 Å². The largest absolute Gasteiger partial charge is 0.480 e. The van der Waals surface area contributed by atoms with Gasteiger partial charge in [0.05, 0.1) is 24.4 Å². The maximum absolute atomic E-state index is 12.4. The van der Waals surface area contributed by atoms with Crippen molar-refractivity contribution < 1.29 is 4.74 Å². The number of nitrogens with one attached hydrogen (secondary N) is 2. The summed E-state index contributed by atoms with van der Waals surface area (Å²) in [6, 6.07) is 6.86. The lowest BCUT2D eigenvalue weighted by molar-refractivity contribution is 0.396. The normalized spacial score (nSPS) is 11.8. The van der Waals surface area contributed by atoms with Crippen LogP contribution >= 0.6 is 27.5 Å². The summed E-state index contributed by atoms with van der Waals surface area (Å²) < 4.78 is 5.78. The first kappa shape index (κ1) is 18.2. The van der Waals surface area contributed by atoms with E-state index in [0.717, 1.165) is 5.39 Å². The number of nitriles is 1. The molecule has 1 atom stereocenters. The van der Waals surface area contributed by atoms with Crippen LogP contribution in [0.4, 0.5) is 5.95 Å². The van der Waals surface area contributed by atoms with Gasteiger partial charge in [-0.15, -0.1) is 0 Å². The number of hydrogen-bond acceptors (Lipinski definition) is 6. The summed E-state index contributed by atoms with van der Waals surface area (Å²) in [4.78, 5) is 23.5. The lowest BCUT2D eigenvalue weighted by Crippen LogP contribution is -2.20. The average Bonchev–Trinajstić information content (AvgIpc) is 2.62.